The second-order valence-corrected chi connectivity index (χ2v) is 11.7. The number of carbonyl (C=O) groups is 1. The summed E-state index contributed by atoms with van der Waals surface area (Å²) < 4.78 is 147. The molecule has 0 saturated carbocycles. The number of rotatable bonds is 12. The molecule has 1 aliphatic heterocycles. The van der Waals surface area contributed by atoms with Crippen molar-refractivity contribution in [3.63, 3.8) is 0 Å². The Morgan fingerprint density at radius 2 is 1.54 bits per heavy atom. The lowest BCUT2D eigenvalue weighted by molar-refractivity contribution is -0.456. The van der Waals surface area contributed by atoms with E-state index in [1.807, 2.05) is 0 Å². The van der Waals surface area contributed by atoms with E-state index in [0.29, 0.717) is 6.42 Å². The van der Waals surface area contributed by atoms with Crippen molar-refractivity contribution >= 4 is 38.7 Å². The summed E-state index contributed by atoms with van der Waals surface area (Å²) in [6.07, 6.45) is -19.0. The minimum absolute atomic E-state index is 0.434. The highest BCUT2D eigenvalue weighted by Crippen LogP contribution is 2.49. The van der Waals surface area contributed by atoms with Gasteiger partial charge in [-0.25, -0.2) is 4.74 Å². The molecule has 0 aliphatic carbocycles. The molecule has 0 aromatic carbocycles. The van der Waals surface area contributed by atoms with Gasteiger partial charge in [0.25, 0.3) is 0 Å². The van der Waals surface area contributed by atoms with Gasteiger partial charge in [0.2, 0.25) is 0 Å². The molecule has 1 fully saturated rings. The Kier molecular flexibility index (Phi) is 10.3. The molecule has 0 bridgehead atoms. The summed E-state index contributed by atoms with van der Waals surface area (Å²) in [4.78, 5) is 10.5. The molecule has 0 amide bonds. The fourth-order valence-electron chi connectivity index (χ4n) is 3.48. The van der Waals surface area contributed by atoms with E-state index in [1.165, 1.54) is 13.8 Å². The van der Waals surface area contributed by atoms with Crippen LogP contribution in [0, 0.1) is 11.8 Å². The van der Waals surface area contributed by atoms with E-state index in [2.05, 4.69) is 8.92 Å². The lowest BCUT2D eigenvalue weighted by atomic mass is 9.81. The molecule has 7 nitrogen and oxygen atoms in total. The molecule has 1 rings (SSSR count). The Labute approximate surface area is 210 Å². The van der Waals surface area contributed by atoms with Crippen molar-refractivity contribution in [2.24, 2.45) is 11.8 Å². The van der Waals surface area contributed by atoms with Crippen LogP contribution < -0.4 is 0 Å². The molecule has 0 aromatic rings. The molecule has 208 valence electrons. The fourth-order valence-corrected chi connectivity index (χ4v) is 5.49. The van der Waals surface area contributed by atoms with Crippen LogP contribution in [0.4, 0.5) is 35.1 Å². The zero-order valence-corrected chi connectivity index (χ0v) is 21.8. The Bertz CT molecular complexity index is 858. The number of halogens is 9. The summed E-state index contributed by atoms with van der Waals surface area (Å²) in [5.41, 5.74) is 0. The second kappa shape index (κ2) is 11.1. The minimum atomic E-state index is -6.73. The Morgan fingerprint density at radius 1 is 1.03 bits per heavy atom. The number of alkyl halides is 9. The molecule has 17 heteroatoms. The number of ether oxygens (including phenoxy) is 2. The number of aliphatic carboxylic acids is 1. The quantitative estimate of drug-likeness (QED) is 0.131. The van der Waals surface area contributed by atoms with Crippen LogP contribution in [0.2, 0.25) is 0 Å². The maximum absolute atomic E-state index is 14.3. The van der Waals surface area contributed by atoms with Crippen LogP contribution in [0.1, 0.15) is 47.0 Å². The van der Waals surface area contributed by atoms with Gasteiger partial charge in [0.1, 0.15) is 6.10 Å². The molecular formula is C18H25F8IO7S. The lowest BCUT2D eigenvalue weighted by Gasteiger charge is -2.43. The van der Waals surface area contributed by atoms with Crippen molar-refractivity contribution in [3.05, 3.63) is 0 Å². The van der Waals surface area contributed by atoms with E-state index in [4.69, 9.17) is 9.84 Å². The average Bonchev–Trinajstić information content (AvgIpc) is 2.65. The van der Waals surface area contributed by atoms with Crippen LogP contribution in [0.25, 0.3) is 0 Å². The first-order valence-electron chi connectivity index (χ1n) is 10.2. The van der Waals surface area contributed by atoms with Crippen molar-refractivity contribution in [3.8, 4) is 0 Å². The van der Waals surface area contributed by atoms with Crippen molar-refractivity contribution in [2.75, 3.05) is 0 Å². The van der Waals surface area contributed by atoms with Crippen LogP contribution in [-0.4, -0.2) is 65.1 Å². The Balaban J connectivity index is 3.16. The highest BCUT2D eigenvalue weighted by Gasteiger charge is 2.75. The standard InChI is InChI=1S/C18H25F8IO7S/c1-5-12-8(2)9(3)14(10(4)32-12)33-35(30,31)18(25,26)17(23,24)34-16(21,22)15(19,20)7-11(27)6-13(28)29/h8-12,14H,5-7H2,1-4H3,(H,28,29)/t8-,9-,10-,11?,12+,14-/m0/s1. The molecule has 1 N–H and O–H groups in total. The maximum Gasteiger partial charge on any atom is 0.460 e. The molecule has 1 aliphatic rings. The van der Waals surface area contributed by atoms with Gasteiger partial charge in [-0.15, -0.1) is 0 Å². The minimum Gasteiger partial charge on any atom is -0.481 e. The third-order valence-electron chi connectivity index (χ3n) is 5.64. The fraction of sp³-hybridized carbons (Fsp3) is 0.944. The first kappa shape index (κ1) is 32.5. The summed E-state index contributed by atoms with van der Waals surface area (Å²) in [7, 11) is -6.73. The van der Waals surface area contributed by atoms with Gasteiger partial charge in [-0.3, -0.25) is 8.98 Å². The summed E-state index contributed by atoms with van der Waals surface area (Å²) >= 11 is 1.02. The third-order valence-corrected chi connectivity index (χ3v) is 7.86. The van der Waals surface area contributed by atoms with Gasteiger partial charge in [-0.1, -0.05) is 43.4 Å². The zero-order chi connectivity index (χ0) is 27.8. The second-order valence-electron chi connectivity index (χ2n) is 8.28. The largest absolute Gasteiger partial charge is 0.481 e. The van der Waals surface area contributed by atoms with E-state index < -0.39 is 86.4 Å². The normalized spacial score (nSPS) is 28.1. The van der Waals surface area contributed by atoms with Crippen LogP contribution in [-0.2, 0) is 28.6 Å². The molecule has 1 saturated heterocycles. The Hall–Kier alpha value is -0.530. The van der Waals surface area contributed by atoms with Gasteiger partial charge in [0.05, 0.1) is 18.6 Å². The molecule has 1 unspecified atom stereocenters. The van der Waals surface area contributed by atoms with Crippen molar-refractivity contribution in [2.45, 2.75) is 92.6 Å². The number of hydrogen-bond acceptors (Lipinski definition) is 6. The summed E-state index contributed by atoms with van der Waals surface area (Å²) in [6, 6.07) is 0. The van der Waals surface area contributed by atoms with Crippen molar-refractivity contribution in [1.82, 2.24) is 0 Å². The van der Waals surface area contributed by atoms with E-state index in [0.717, 1.165) is 22.6 Å². The van der Waals surface area contributed by atoms with Gasteiger partial charge < -0.3 is 9.84 Å². The van der Waals surface area contributed by atoms with Crippen LogP contribution in [0.5, 0.6) is 0 Å². The van der Waals surface area contributed by atoms with Gasteiger partial charge in [-0.05, 0) is 25.2 Å². The van der Waals surface area contributed by atoms with Crippen LogP contribution in [0.15, 0.2) is 0 Å². The highest BCUT2D eigenvalue weighted by atomic mass is 127. The molecular weight excluding hydrogens is 639 g/mol. The monoisotopic (exact) mass is 664 g/mol. The topological polar surface area (TPSA) is 99.1 Å². The van der Waals surface area contributed by atoms with E-state index in [9.17, 15) is 48.3 Å². The van der Waals surface area contributed by atoms with Gasteiger partial charge in [0.15, 0.2) is 0 Å². The molecule has 6 atom stereocenters. The molecule has 35 heavy (non-hydrogen) atoms. The summed E-state index contributed by atoms with van der Waals surface area (Å²) in [5, 5.41) is 1.99. The molecule has 1 heterocycles. The Morgan fingerprint density at radius 3 is 2.00 bits per heavy atom. The number of carboxylic acid groups (broad SMARTS) is 1. The smallest absolute Gasteiger partial charge is 0.460 e. The predicted octanol–water partition coefficient (Wildman–Crippen LogP) is 5.27. The SMILES string of the molecule is CC[C@H]1O[C@@H](C)[C@@H](OS(=O)(=O)C(F)(F)C(F)(F)OC(F)(F)C(F)(F)CC(I)CC(=O)O)[C@@H](C)[C@@H]1C. The molecule has 0 spiro atoms. The van der Waals surface area contributed by atoms with Gasteiger partial charge >= 0.3 is 39.5 Å². The first-order valence-corrected chi connectivity index (χ1v) is 12.8. The number of carboxylic acids is 1. The van der Waals surface area contributed by atoms with Crippen LogP contribution in [0.3, 0.4) is 0 Å². The van der Waals surface area contributed by atoms with E-state index in [-0.39, 0.29) is 0 Å². The van der Waals surface area contributed by atoms with Crippen molar-refractivity contribution < 1.29 is 67.1 Å². The van der Waals surface area contributed by atoms with E-state index >= 15 is 0 Å². The highest BCUT2D eigenvalue weighted by molar-refractivity contribution is 14.1. The molecule has 0 radical (unpaired) electrons. The van der Waals surface area contributed by atoms with Crippen LogP contribution >= 0.6 is 22.6 Å². The average molecular weight is 664 g/mol. The summed E-state index contributed by atoms with van der Waals surface area (Å²) in [6.45, 7) is 5.90. The maximum atomic E-state index is 14.3. The first-order chi connectivity index (χ1) is 15.5. The zero-order valence-electron chi connectivity index (χ0n) is 18.8. The lowest BCUT2D eigenvalue weighted by Crippen LogP contribution is -2.58. The third kappa shape index (κ3) is 7.07. The molecule has 0 aromatic heterocycles. The van der Waals surface area contributed by atoms with Gasteiger partial charge in [0, 0.05) is 10.3 Å². The summed E-state index contributed by atoms with van der Waals surface area (Å²) in [5.74, 6) is -8.55. The van der Waals surface area contributed by atoms with E-state index in [1.54, 1.807) is 13.8 Å². The number of hydrogen-bond donors (Lipinski definition) is 1. The van der Waals surface area contributed by atoms with Gasteiger partial charge in [-0.2, -0.15) is 43.5 Å². The van der Waals surface area contributed by atoms with Crippen molar-refractivity contribution in [1.29, 1.82) is 0 Å². The predicted molar refractivity (Wildman–Crippen MR) is 112 cm³/mol.